The first kappa shape index (κ1) is 24.5. The van der Waals surface area contributed by atoms with Crippen LogP contribution in [0, 0.1) is 0 Å². The molecular formula is C27H30N2O6. The van der Waals surface area contributed by atoms with E-state index in [1.165, 1.54) is 12.0 Å². The van der Waals surface area contributed by atoms with E-state index in [2.05, 4.69) is 0 Å². The van der Waals surface area contributed by atoms with Gasteiger partial charge in [-0.15, -0.1) is 0 Å². The molecule has 0 aliphatic carbocycles. The lowest BCUT2D eigenvalue weighted by Gasteiger charge is -2.34. The molecule has 2 heterocycles. The fraction of sp³-hybridized carbons (Fsp3) is 0.370. The van der Waals surface area contributed by atoms with Crippen LogP contribution in [0.5, 0.6) is 5.75 Å². The monoisotopic (exact) mass is 478 g/mol. The molecule has 1 unspecified atom stereocenters. The number of benzene rings is 2. The summed E-state index contributed by atoms with van der Waals surface area (Å²) in [6.45, 7) is 4.95. The van der Waals surface area contributed by atoms with Gasteiger partial charge in [-0.2, -0.15) is 0 Å². The van der Waals surface area contributed by atoms with Crippen LogP contribution in [0.1, 0.15) is 37.8 Å². The van der Waals surface area contributed by atoms with E-state index in [0.717, 1.165) is 12.8 Å². The molecule has 1 atom stereocenters. The van der Waals surface area contributed by atoms with Crippen molar-refractivity contribution >= 4 is 29.0 Å². The number of carbonyl (C=O) groups is 3. The zero-order valence-corrected chi connectivity index (χ0v) is 20.2. The highest BCUT2D eigenvalue weighted by Crippen LogP contribution is 2.53. The maximum absolute atomic E-state index is 14.2. The van der Waals surface area contributed by atoms with Crippen molar-refractivity contribution in [3.8, 4) is 5.75 Å². The van der Waals surface area contributed by atoms with Gasteiger partial charge in [0.2, 0.25) is 0 Å². The van der Waals surface area contributed by atoms with E-state index >= 15 is 0 Å². The zero-order valence-electron chi connectivity index (χ0n) is 20.2. The number of aliphatic hydroxyl groups is 1. The van der Waals surface area contributed by atoms with Crippen molar-refractivity contribution in [1.82, 2.24) is 4.90 Å². The average molecular weight is 479 g/mol. The van der Waals surface area contributed by atoms with Gasteiger partial charge in [-0.3, -0.25) is 14.4 Å². The average Bonchev–Trinajstić information content (AvgIpc) is 3.24. The first-order chi connectivity index (χ1) is 16.9. The predicted molar refractivity (Wildman–Crippen MR) is 131 cm³/mol. The molecule has 4 rings (SSSR count). The molecule has 2 aromatic rings. The van der Waals surface area contributed by atoms with Crippen molar-refractivity contribution in [3.05, 3.63) is 65.2 Å². The second-order valence-corrected chi connectivity index (χ2v) is 8.50. The maximum Gasteiger partial charge on any atom is 0.296 e. The number of unbranched alkanes of at least 4 members (excludes halogenated alkanes) is 1. The highest BCUT2D eigenvalue weighted by Gasteiger charge is 2.66. The van der Waals surface area contributed by atoms with Crippen molar-refractivity contribution in [3.63, 3.8) is 0 Å². The summed E-state index contributed by atoms with van der Waals surface area (Å²) in [6.07, 6.45) is 1.62. The Morgan fingerprint density at radius 2 is 1.71 bits per heavy atom. The standard InChI is InChI=1S/C27H30N2O6/c1-4-6-15-28-21-10-8-7-9-20(21)27(26(28)33)22(24(31)25(32)29(27)16-17-34-3)23(30)18-11-13-19(14-12-18)35-5-2/h7-14,30H,4-6,15-17H2,1-3H3/b23-22+. The van der Waals surface area contributed by atoms with Crippen molar-refractivity contribution in [2.75, 3.05) is 38.3 Å². The van der Waals surface area contributed by atoms with Gasteiger partial charge in [0.05, 0.1) is 24.5 Å². The summed E-state index contributed by atoms with van der Waals surface area (Å²) in [5, 5.41) is 11.4. The summed E-state index contributed by atoms with van der Waals surface area (Å²) >= 11 is 0. The molecule has 1 N–H and O–H groups in total. The van der Waals surface area contributed by atoms with E-state index in [-0.39, 0.29) is 18.7 Å². The zero-order chi connectivity index (χ0) is 25.2. The van der Waals surface area contributed by atoms with Crippen LogP contribution >= 0.6 is 0 Å². The van der Waals surface area contributed by atoms with Crippen molar-refractivity contribution in [2.24, 2.45) is 0 Å². The van der Waals surface area contributed by atoms with Crippen LogP contribution in [0.25, 0.3) is 5.76 Å². The number of hydrogen-bond donors (Lipinski definition) is 1. The number of para-hydroxylation sites is 1. The van der Waals surface area contributed by atoms with Crippen molar-refractivity contribution < 1.29 is 29.0 Å². The Morgan fingerprint density at radius 3 is 2.37 bits per heavy atom. The third kappa shape index (κ3) is 3.78. The number of carbonyl (C=O) groups excluding carboxylic acids is 3. The Morgan fingerprint density at radius 1 is 1.00 bits per heavy atom. The molecule has 2 amide bonds. The molecule has 2 aromatic carbocycles. The number of fused-ring (bicyclic) bond motifs is 2. The Hall–Kier alpha value is -3.65. The lowest BCUT2D eigenvalue weighted by Crippen LogP contribution is -2.52. The Labute approximate surface area is 204 Å². The summed E-state index contributed by atoms with van der Waals surface area (Å²) in [7, 11) is 1.49. The van der Waals surface area contributed by atoms with Crippen LogP contribution in [-0.2, 0) is 24.7 Å². The predicted octanol–water partition coefficient (Wildman–Crippen LogP) is 3.45. The molecule has 0 aromatic heterocycles. The topological polar surface area (TPSA) is 96.4 Å². The van der Waals surface area contributed by atoms with Gasteiger partial charge in [0, 0.05) is 31.3 Å². The fourth-order valence-corrected chi connectivity index (χ4v) is 4.91. The molecule has 35 heavy (non-hydrogen) atoms. The Kier molecular flexibility index (Phi) is 6.93. The number of anilines is 1. The number of likely N-dealkylation sites (tertiary alicyclic amines) is 1. The molecule has 1 saturated heterocycles. The first-order valence-electron chi connectivity index (χ1n) is 11.9. The second-order valence-electron chi connectivity index (χ2n) is 8.50. The van der Waals surface area contributed by atoms with Crippen LogP contribution in [0.15, 0.2) is 54.1 Å². The smallest absolute Gasteiger partial charge is 0.296 e. The number of ketones is 1. The number of aliphatic hydroxyl groups excluding tert-OH is 1. The third-order valence-electron chi connectivity index (χ3n) is 6.50. The molecule has 0 bridgehead atoms. The van der Waals surface area contributed by atoms with Gasteiger partial charge < -0.3 is 24.4 Å². The van der Waals surface area contributed by atoms with Crippen LogP contribution in [0.3, 0.4) is 0 Å². The molecule has 1 spiro atoms. The SMILES string of the molecule is CCCCN1C(=O)C2(/C(=C(/O)c3ccc(OCC)cc3)C(=O)C(=O)N2CCOC)c2ccccc21. The van der Waals surface area contributed by atoms with E-state index in [9.17, 15) is 19.5 Å². The number of amides is 2. The molecule has 8 nitrogen and oxygen atoms in total. The van der Waals surface area contributed by atoms with E-state index in [4.69, 9.17) is 9.47 Å². The van der Waals surface area contributed by atoms with Crippen LogP contribution in [0.4, 0.5) is 5.69 Å². The highest BCUT2D eigenvalue weighted by molar-refractivity contribution is 6.50. The third-order valence-corrected chi connectivity index (χ3v) is 6.50. The number of Topliss-reactive ketones (excluding diaryl/α,β-unsaturated/α-hetero) is 1. The number of methoxy groups -OCH3 is 1. The quantitative estimate of drug-likeness (QED) is 0.337. The van der Waals surface area contributed by atoms with Gasteiger partial charge in [-0.25, -0.2) is 0 Å². The first-order valence-corrected chi connectivity index (χ1v) is 11.9. The van der Waals surface area contributed by atoms with Gasteiger partial charge in [0.1, 0.15) is 11.5 Å². The second kappa shape index (κ2) is 9.92. The van der Waals surface area contributed by atoms with E-state index < -0.39 is 28.9 Å². The van der Waals surface area contributed by atoms with E-state index in [1.54, 1.807) is 41.3 Å². The number of ether oxygens (including phenoxy) is 2. The number of rotatable bonds is 9. The molecule has 8 heteroatoms. The van der Waals surface area contributed by atoms with Gasteiger partial charge in [-0.05, 0) is 43.7 Å². The van der Waals surface area contributed by atoms with Gasteiger partial charge in [0.15, 0.2) is 5.54 Å². The normalized spacial score (nSPS) is 20.7. The summed E-state index contributed by atoms with van der Waals surface area (Å²) < 4.78 is 10.7. The highest BCUT2D eigenvalue weighted by atomic mass is 16.5. The fourth-order valence-electron chi connectivity index (χ4n) is 4.91. The minimum atomic E-state index is -1.76. The molecule has 1 fully saturated rings. The molecule has 2 aliphatic rings. The lowest BCUT2D eigenvalue weighted by molar-refractivity contribution is -0.144. The molecule has 0 saturated carbocycles. The van der Waals surface area contributed by atoms with Crippen molar-refractivity contribution in [1.29, 1.82) is 0 Å². The molecule has 2 aliphatic heterocycles. The van der Waals surface area contributed by atoms with Gasteiger partial charge in [0.25, 0.3) is 17.6 Å². The molecule has 0 radical (unpaired) electrons. The summed E-state index contributed by atoms with van der Waals surface area (Å²) in [5.41, 5.74) is -0.537. The minimum Gasteiger partial charge on any atom is -0.507 e. The van der Waals surface area contributed by atoms with Crippen molar-refractivity contribution in [2.45, 2.75) is 32.2 Å². The van der Waals surface area contributed by atoms with Gasteiger partial charge in [-0.1, -0.05) is 31.5 Å². The lowest BCUT2D eigenvalue weighted by atomic mass is 9.82. The Bertz CT molecular complexity index is 1170. The largest absolute Gasteiger partial charge is 0.507 e. The summed E-state index contributed by atoms with van der Waals surface area (Å²) in [6, 6.07) is 13.7. The van der Waals surface area contributed by atoms with Gasteiger partial charge >= 0.3 is 0 Å². The Balaban J connectivity index is 1.97. The number of hydrogen-bond acceptors (Lipinski definition) is 6. The summed E-state index contributed by atoms with van der Waals surface area (Å²) in [5.74, 6) is -1.95. The molecule has 184 valence electrons. The maximum atomic E-state index is 14.2. The van der Waals surface area contributed by atoms with Crippen LogP contribution in [-0.4, -0.2) is 61.0 Å². The molecular weight excluding hydrogens is 448 g/mol. The summed E-state index contributed by atoms with van der Waals surface area (Å²) in [4.78, 5) is 43.9. The van der Waals surface area contributed by atoms with E-state index in [1.807, 2.05) is 26.0 Å². The number of nitrogens with zero attached hydrogens (tertiary/aromatic N) is 2. The van der Waals surface area contributed by atoms with Crippen LogP contribution < -0.4 is 9.64 Å². The van der Waals surface area contributed by atoms with E-state index in [0.29, 0.717) is 35.7 Å². The minimum absolute atomic E-state index is 0.0167. The van der Waals surface area contributed by atoms with Crippen LogP contribution in [0.2, 0.25) is 0 Å².